The number of non-ortho nitro benzene ring substituents is 1. The molecule has 3 rings (SSSR count). The van der Waals surface area contributed by atoms with E-state index in [0.717, 1.165) is 6.07 Å². The first kappa shape index (κ1) is 21.5. The predicted molar refractivity (Wildman–Crippen MR) is 112 cm³/mol. The maximum absolute atomic E-state index is 13.0. The largest absolute Gasteiger partial charge is 0.486 e. The van der Waals surface area contributed by atoms with Gasteiger partial charge in [0.15, 0.2) is 11.5 Å². The van der Waals surface area contributed by atoms with Gasteiger partial charge >= 0.3 is 0 Å². The van der Waals surface area contributed by atoms with Gasteiger partial charge in [0.1, 0.15) is 18.1 Å². The summed E-state index contributed by atoms with van der Waals surface area (Å²) in [5, 5.41) is 15.2. The Labute approximate surface area is 174 Å². The van der Waals surface area contributed by atoms with Gasteiger partial charge in [0, 0.05) is 25.2 Å². The van der Waals surface area contributed by atoms with E-state index in [0.29, 0.717) is 30.3 Å². The normalized spacial score (nSPS) is 13.6. The number of anilines is 1. The van der Waals surface area contributed by atoms with Crippen LogP contribution in [0.3, 0.4) is 0 Å². The zero-order valence-electron chi connectivity index (χ0n) is 16.6. The van der Waals surface area contributed by atoms with Gasteiger partial charge in [-0.2, -0.15) is 9.41 Å². The number of nitro benzene ring substituents is 1. The number of hydrogen-bond acceptors (Lipinski definition) is 8. The molecule has 0 radical (unpaired) electrons. The summed E-state index contributed by atoms with van der Waals surface area (Å²) in [5.41, 5.74) is 3.22. The smallest absolute Gasteiger partial charge is 0.270 e. The number of sulfonamides is 1. The highest BCUT2D eigenvalue weighted by molar-refractivity contribution is 7.89. The van der Waals surface area contributed by atoms with Crippen molar-refractivity contribution < 1.29 is 22.8 Å². The maximum atomic E-state index is 13.0. The molecule has 11 heteroatoms. The minimum Gasteiger partial charge on any atom is -0.486 e. The van der Waals surface area contributed by atoms with Crippen molar-refractivity contribution in [2.45, 2.75) is 18.7 Å². The molecule has 0 aromatic heterocycles. The van der Waals surface area contributed by atoms with Crippen molar-refractivity contribution in [1.29, 1.82) is 0 Å². The first-order valence-electron chi connectivity index (χ1n) is 9.34. The Balaban J connectivity index is 1.90. The van der Waals surface area contributed by atoms with Gasteiger partial charge in [-0.1, -0.05) is 13.8 Å². The van der Waals surface area contributed by atoms with E-state index in [1.807, 2.05) is 0 Å². The van der Waals surface area contributed by atoms with Crippen molar-refractivity contribution in [1.82, 2.24) is 4.31 Å². The molecule has 30 heavy (non-hydrogen) atoms. The lowest BCUT2D eigenvalue weighted by Gasteiger charge is -2.20. The summed E-state index contributed by atoms with van der Waals surface area (Å²) < 4.78 is 38.1. The van der Waals surface area contributed by atoms with Crippen molar-refractivity contribution in [2.75, 3.05) is 31.7 Å². The van der Waals surface area contributed by atoms with Gasteiger partial charge in [-0.15, -0.1) is 0 Å². The zero-order valence-corrected chi connectivity index (χ0v) is 17.4. The highest BCUT2D eigenvalue weighted by Gasteiger charge is 2.27. The zero-order chi connectivity index (χ0) is 21.7. The molecule has 0 saturated carbocycles. The second kappa shape index (κ2) is 9.09. The minimum absolute atomic E-state index is 0.140. The molecule has 1 N–H and O–H groups in total. The van der Waals surface area contributed by atoms with E-state index in [1.165, 1.54) is 22.7 Å². The molecule has 1 aliphatic rings. The number of hydrazone groups is 1. The summed E-state index contributed by atoms with van der Waals surface area (Å²) in [5.74, 6) is 1.25. The Bertz CT molecular complexity index is 1070. The molecule has 0 spiro atoms. The van der Waals surface area contributed by atoms with Crippen LogP contribution in [-0.2, 0) is 10.0 Å². The lowest BCUT2D eigenvalue weighted by atomic mass is 10.2. The Kier molecular flexibility index (Phi) is 6.53. The molecular weight excluding hydrogens is 412 g/mol. The summed E-state index contributed by atoms with van der Waals surface area (Å²) in [6.07, 6.45) is 1.49. The fourth-order valence-electron chi connectivity index (χ4n) is 2.95. The Morgan fingerprint density at radius 3 is 2.50 bits per heavy atom. The number of nitrogens with one attached hydrogen (secondary N) is 1. The summed E-state index contributed by atoms with van der Waals surface area (Å²) in [6, 6.07) is 8.89. The standard InChI is InChI=1S/C19H22N4O6S/c1-3-22(4-2)30(26,27)19-12-15(23(24)25)6-7-16(19)21-20-13-14-5-8-17-18(11-14)29-10-9-28-17/h5-8,11-13,21H,3-4,9-10H2,1-2H3/b20-13+. The molecule has 2 aromatic rings. The number of ether oxygens (including phenoxy) is 2. The second-order valence-corrected chi connectivity index (χ2v) is 8.21. The Morgan fingerprint density at radius 1 is 1.13 bits per heavy atom. The second-order valence-electron chi connectivity index (χ2n) is 6.30. The fraction of sp³-hybridized carbons (Fsp3) is 0.316. The summed E-state index contributed by atoms with van der Waals surface area (Å²) >= 11 is 0. The van der Waals surface area contributed by atoms with Crippen molar-refractivity contribution >= 4 is 27.6 Å². The molecule has 0 fully saturated rings. The third-order valence-electron chi connectivity index (χ3n) is 4.46. The highest BCUT2D eigenvalue weighted by atomic mass is 32.2. The molecule has 10 nitrogen and oxygen atoms in total. The molecule has 160 valence electrons. The van der Waals surface area contributed by atoms with Crippen LogP contribution < -0.4 is 14.9 Å². The van der Waals surface area contributed by atoms with Crippen LogP contribution in [0.1, 0.15) is 19.4 Å². The third kappa shape index (κ3) is 4.52. The van der Waals surface area contributed by atoms with E-state index in [4.69, 9.17) is 9.47 Å². The Hall–Kier alpha value is -3.18. The van der Waals surface area contributed by atoms with Crippen molar-refractivity contribution in [2.24, 2.45) is 5.10 Å². The van der Waals surface area contributed by atoms with Gasteiger partial charge in [0.25, 0.3) is 5.69 Å². The lowest BCUT2D eigenvalue weighted by Crippen LogP contribution is -2.31. The highest BCUT2D eigenvalue weighted by Crippen LogP contribution is 2.31. The van der Waals surface area contributed by atoms with E-state index in [-0.39, 0.29) is 29.4 Å². The fourth-order valence-corrected chi connectivity index (χ4v) is 4.57. The van der Waals surface area contributed by atoms with E-state index in [9.17, 15) is 18.5 Å². The van der Waals surface area contributed by atoms with Crippen LogP contribution in [0.5, 0.6) is 11.5 Å². The first-order chi connectivity index (χ1) is 14.4. The van der Waals surface area contributed by atoms with Crippen LogP contribution in [0.25, 0.3) is 0 Å². The predicted octanol–water partition coefficient (Wildman–Crippen LogP) is 2.84. The summed E-state index contributed by atoms with van der Waals surface area (Å²) in [6.45, 7) is 4.83. The quantitative estimate of drug-likeness (QED) is 0.385. The molecule has 2 aromatic carbocycles. The van der Waals surface area contributed by atoms with Gasteiger partial charge in [-0.25, -0.2) is 8.42 Å². The molecule has 1 aliphatic heterocycles. The molecule has 0 bridgehead atoms. The van der Waals surface area contributed by atoms with E-state index >= 15 is 0 Å². The molecule has 0 atom stereocenters. The Morgan fingerprint density at radius 2 is 1.83 bits per heavy atom. The van der Waals surface area contributed by atoms with Crippen LogP contribution in [0, 0.1) is 10.1 Å². The number of fused-ring (bicyclic) bond motifs is 1. The SMILES string of the molecule is CCN(CC)S(=O)(=O)c1cc([N+](=O)[O-])ccc1N/N=C/c1ccc2c(c1)OCCO2. The monoisotopic (exact) mass is 434 g/mol. The number of hydrogen-bond donors (Lipinski definition) is 1. The molecule has 0 amide bonds. The van der Waals surface area contributed by atoms with Crippen molar-refractivity contribution in [3.05, 3.63) is 52.1 Å². The lowest BCUT2D eigenvalue weighted by molar-refractivity contribution is -0.385. The van der Waals surface area contributed by atoms with E-state index < -0.39 is 14.9 Å². The average Bonchev–Trinajstić information content (AvgIpc) is 2.74. The van der Waals surface area contributed by atoms with Crippen LogP contribution in [0.2, 0.25) is 0 Å². The van der Waals surface area contributed by atoms with Crippen LogP contribution in [0.4, 0.5) is 11.4 Å². The van der Waals surface area contributed by atoms with E-state index in [1.54, 1.807) is 32.0 Å². The molecule has 0 aliphatic carbocycles. The molecular formula is C19H22N4O6S. The van der Waals surface area contributed by atoms with Gasteiger partial charge < -0.3 is 9.47 Å². The van der Waals surface area contributed by atoms with Gasteiger partial charge in [0.05, 0.1) is 16.8 Å². The van der Waals surface area contributed by atoms with Crippen molar-refractivity contribution in [3.8, 4) is 11.5 Å². The minimum atomic E-state index is -3.94. The summed E-state index contributed by atoms with van der Waals surface area (Å²) in [7, 11) is -3.94. The van der Waals surface area contributed by atoms with Gasteiger partial charge in [-0.3, -0.25) is 15.5 Å². The van der Waals surface area contributed by atoms with Crippen LogP contribution in [0.15, 0.2) is 46.4 Å². The molecule has 0 unspecified atom stereocenters. The first-order valence-corrected chi connectivity index (χ1v) is 10.8. The van der Waals surface area contributed by atoms with Gasteiger partial charge in [0.2, 0.25) is 10.0 Å². The van der Waals surface area contributed by atoms with Crippen molar-refractivity contribution in [3.63, 3.8) is 0 Å². The number of rotatable bonds is 8. The van der Waals surface area contributed by atoms with Crippen LogP contribution >= 0.6 is 0 Å². The molecule has 1 heterocycles. The van der Waals surface area contributed by atoms with E-state index in [2.05, 4.69) is 10.5 Å². The average molecular weight is 434 g/mol. The van der Waals surface area contributed by atoms with Crippen LogP contribution in [-0.4, -0.2) is 50.2 Å². The number of nitro groups is 1. The summed E-state index contributed by atoms with van der Waals surface area (Å²) in [4.78, 5) is 10.3. The molecule has 0 saturated heterocycles. The third-order valence-corrected chi connectivity index (χ3v) is 6.55. The topological polar surface area (TPSA) is 123 Å². The maximum Gasteiger partial charge on any atom is 0.270 e. The number of benzene rings is 2. The number of nitrogens with zero attached hydrogens (tertiary/aromatic N) is 3. The van der Waals surface area contributed by atoms with Gasteiger partial charge in [-0.05, 0) is 29.8 Å².